The van der Waals surface area contributed by atoms with E-state index in [9.17, 15) is 5.26 Å². The smallest absolute Gasteiger partial charge is 0.101 e. The first-order valence-corrected chi connectivity index (χ1v) is 7.39. The minimum Gasteiger partial charge on any atom is -0.399 e. The van der Waals surface area contributed by atoms with Crippen molar-refractivity contribution in [3.63, 3.8) is 0 Å². The molecule has 0 radical (unpaired) electrons. The summed E-state index contributed by atoms with van der Waals surface area (Å²) in [6, 6.07) is 13.8. The predicted molar refractivity (Wildman–Crippen MR) is 86.3 cm³/mol. The van der Waals surface area contributed by atoms with Gasteiger partial charge in [0.15, 0.2) is 0 Å². The highest BCUT2D eigenvalue weighted by atomic mass is 35.5. The maximum absolute atomic E-state index is 9.22. The zero-order valence-corrected chi connectivity index (χ0v) is 12.3. The number of benzene rings is 2. The van der Waals surface area contributed by atoms with Gasteiger partial charge in [-0.3, -0.25) is 0 Å². The third kappa shape index (κ3) is 2.81. The number of nitrogen functional groups attached to an aromatic ring is 1. The molecule has 2 aromatic rings. The van der Waals surface area contributed by atoms with E-state index in [0.717, 1.165) is 30.6 Å². The minimum atomic E-state index is 0.194. The Labute approximate surface area is 129 Å². The lowest BCUT2D eigenvalue weighted by Crippen LogP contribution is -2.18. The number of nitriles is 1. The van der Waals surface area contributed by atoms with Crippen molar-refractivity contribution in [2.45, 2.75) is 25.3 Å². The van der Waals surface area contributed by atoms with Crippen LogP contribution in [-0.4, -0.2) is 0 Å². The molecule has 2 aromatic carbocycles. The Kier molecular flexibility index (Phi) is 3.72. The molecule has 106 valence electrons. The van der Waals surface area contributed by atoms with Crippen LogP contribution in [0.1, 0.15) is 35.6 Å². The number of anilines is 2. The van der Waals surface area contributed by atoms with Crippen LogP contribution in [0.4, 0.5) is 11.4 Å². The third-order valence-corrected chi connectivity index (χ3v) is 4.15. The number of nitrogens with two attached hydrogens (primary N) is 1. The number of hydrogen-bond donors (Lipinski definition) is 2. The molecule has 0 saturated carbocycles. The Bertz CT molecular complexity index is 718. The molecule has 0 bridgehead atoms. The molecule has 3 N–H and O–H groups in total. The molecular weight excluding hydrogens is 282 g/mol. The quantitative estimate of drug-likeness (QED) is 0.813. The molecule has 3 rings (SSSR count). The van der Waals surface area contributed by atoms with Gasteiger partial charge < -0.3 is 11.1 Å². The Morgan fingerprint density at radius 1 is 1.24 bits per heavy atom. The maximum Gasteiger partial charge on any atom is 0.101 e. The molecule has 1 aliphatic carbocycles. The van der Waals surface area contributed by atoms with Crippen LogP contribution in [0.5, 0.6) is 0 Å². The molecule has 4 heteroatoms. The number of nitrogens with zero attached hydrogens (tertiary/aromatic N) is 1. The second kappa shape index (κ2) is 5.67. The molecule has 3 nitrogen and oxygen atoms in total. The fourth-order valence-corrected chi connectivity index (χ4v) is 3.08. The lowest BCUT2D eigenvalue weighted by atomic mass is 9.87. The lowest BCUT2D eigenvalue weighted by Gasteiger charge is -2.28. The van der Waals surface area contributed by atoms with Crippen LogP contribution in [0.15, 0.2) is 36.4 Å². The lowest BCUT2D eigenvalue weighted by molar-refractivity contribution is 0.600. The standard InChI is InChI=1S/C17H16ClN3/c18-13-5-4-12(10-19)17(9-13)21-16-3-1-2-11-8-14(20)6-7-15(11)16/h4-9,16,21H,1-3,20H2. The zero-order valence-electron chi connectivity index (χ0n) is 11.6. The molecular formula is C17H16ClN3. The Hall–Kier alpha value is -2.18. The van der Waals surface area contributed by atoms with Crippen LogP contribution < -0.4 is 11.1 Å². The molecule has 0 heterocycles. The Morgan fingerprint density at radius 3 is 2.90 bits per heavy atom. The highest BCUT2D eigenvalue weighted by Gasteiger charge is 2.21. The van der Waals surface area contributed by atoms with Gasteiger partial charge in [0, 0.05) is 10.7 Å². The second-order valence-electron chi connectivity index (χ2n) is 5.35. The molecule has 0 aliphatic heterocycles. The van der Waals surface area contributed by atoms with E-state index in [1.807, 2.05) is 18.2 Å². The number of rotatable bonds is 2. The van der Waals surface area contributed by atoms with Gasteiger partial charge in [0.25, 0.3) is 0 Å². The van der Waals surface area contributed by atoms with Gasteiger partial charge in [0.1, 0.15) is 6.07 Å². The van der Waals surface area contributed by atoms with Crippen molar-refractivity contribution < 1.29 is 0 Å². The van der Waals surface area contributed by atoms with Crippen molar-refractivity contribution in [2.75, 3.05) is 11.1 Å². The van der Waals surface area contributed by atoms with Crippen LogP contribution in [0.25, 0.3) is 0 Å². The van der Waals surface area contributed by atoms with Gasteiger partial charge in [0.2, 0.25) is 0 Å². The summed E-state index contributed by atoms with van der Waals surface area (Å²) in [6.07, 6.45) is 3.20. The van der Waals surface area contributed by atoms with Crippen molar-refractivity contribution in [3.8, 4) is 6.07 Å². The monoisotopic (exact) mass is 297 g/mol. The van der Waals surface area contributed by atoms with Crippen LogP contribution in [0.2, 0.25) is 5.02 Å². The van der Waals surface area contributed by atoms with Crippen molar-refractivity contribution in [2.24, 2.45) is 0 Å². The molecule has 0 spiro atoms. The van der Waals surface area contributed by atoms with E-state index in [1.54, 1.807) is 12.1 Å². The molecule has 0 amide bonds. The summed E-state index contributed by atoms with van der Waals surface area (Å²) in [7, 11) is 0. The number of halogens is 1. The Morgan fingerprint density at radius 2 is 2.10 bits per heavy atom. The van der Waals surface area contributed by atoms with Gasteiger partial charge in [-0.15, -0.1) is 0 Å². The van der Waals surface area contributed by atoms with Gasteiger partial charge in [0.05, 0.1) is 17.3 Å². The van der Waals surface area contributed by atoms with E-state index in [0.29, 0.717) is 10.6 Å². The topological polar surface area (TPSA) is 61.8 Å². The average molecular weight is 298 g/mol. The van der Waals surface area contributed by atoms with Crippen molar-refractivity contribution in [1.29, 1.82) is 5.26 Å². The molecule has 0 fully saturated rings. The molecule has 1 atom stereocenters. The van der Waals surface area contributed by atoms with Crippen molar-refractivity contribution in [3.05, 3.63) is 58.1 Å². The number of aryl methyl sites for hydroxylation is 1. The van der Waals surface area contributed by atoms with Gasteiger partial charge in [-0.25, -0.2) is 0 Å². The van der Waals surface area contributed by atoms with Crippen LogP contribution in [-0.2, 0) is 6.42 Å². The highest BCUT2D eigenvalue weighted by molar-refractivity contribution is 6.30. The summed E-state index contributed by atoms with van der Waals surface area (Å²) in [6.45, 7) is 0. The average Bonchev–Trinajstić information content (AvgIpc) is 2.47. The highest BCUT2D eigenvalue weighted by Crippen LogP contribution is 2.34. The van der Waals surface area contributed by atoms with Crippen molar-refractivity contribution >= 4 is 23.0 Å². The van der Waals surface area contributed by atoms with E-state index >= 15 is 0 Å². The fourth-order valence-electron chi connectivity index (χ4n) is 2.91. The number of hydrogen-bond acceptors (Lipinski definition) is 3. The molecule has 1 unspecified atom stereocenters. The summed E-state index contributed by atoms with van der Waals surface area (Å²) >= 11 is 6.05. The molecule has 0 aromatic heterocycles. The van der Waals surface area contributed by atoms with E-state index in [1.165, 1.54) is 11.1 Å². The van der Waals surface area contributed by atoms with E-state index < -0.39 is 0 Å². The Balaban J connectivity index is 1.94. The molecule has 1 aliphatic rings. The summed E-state index contributed by atoms with van der Waals surface area (Å²) in [5.41, 5.74) is 10.6. The van der Waals surface area contributed by atoms with Crippen LogP contribution >= 0.6 is 11.6 Å². The summed E-state index contributed by atoms with van der Waals surface area (Å²) in [4.78, 5) is 0. The molecule has 0 saturated heterocycles. The normalized spacial score (nSPS) is 16.9. The van der Waals surface area contributed by atoms with Gasteiger partial charge in [-0.2, -0.15) is 5.26 Å². The van der Waals surface area contributed by atoms with Crippen LogP contribution in [0.3, 0.4) is 0 Å². The predicted octanol–water partition coefficient (Wildman–Crippen LogP) is 4.28. The van der Waals surface area contributed by atoms with E-state index in [2.05, 4.69) is 17.5 Å². The van der Waals surface area contributed by atoms with Gasteiger partial charge in [-0.05, 0) is 60.7 Å². The summed E-state index contributed by atoms with van der Waals surface area (Å²) < 4.78 is 0. The first kappa shape index (κ1) is 13.8. The summed E-state index contributed by atoms with van der Waals surface area (Å²) in [5, 5.41) is 13.3. The van der Waals surface area contributed by atoms with E-state index in [4.69, 9.17) is 17.3 Å². The van der Waals surface area contributed by atoms with Gasteiger partial charge >= 0.3 is 0 Å². The zero-order chi connectivity index (χ0) is 14.8. The second-order valence-corrected chi connectivity index (χ2v) is 5.79. The van der Waals surface area contributed by atoms with Gasteiger partial charge in [-0.1, -0.05) is 17.7 Å². The van der Waals surface area contributed by atoms with Crippen molar-refractivity contribution in [1.82, 2.24) is 0 Å². The minimum absolute atomic E-state index is 0.194. The van der Waals surface area contributed by atoms with E-state index in [-0.39, 0.29) is 6.04 Å². The third-order valence-electron chi connectivity index (χ3n) is 3.91. The molecule has 21 heavy (non-hydrogen) atoms. The number of fused-ring (bicyclic) bond motifs is 1. The maximum atomic E-state index is 9.22. The number of nitrogens with one attached hydrogen (secondary N) is 1. The fraction of sp³-hybridized carbons (Fsp3) is 0.235. The largest absolute Gasteiger partial charge is 0.399 e. The SMILES string of the molecule is N#Cc1ccc(Cl)cc1NC1CCCc2cc(N)ccc21. The van der Waals surface area contributed by atoms with Crippen LogP contribution in [0, 0.1) is 11.3 Å². The summed E-state index contributed by atoms with van der Waals surface area (Å²) in [5.74, 6) is 0. The first-order chi connectivity index (χ1) is 10.2. The first-order valence-electron chi connectivity index (χ1n) is 7.02.